The molecular formula is C13H17NO. The van der Waals surface area contributed by atoms with E-state index in [0.717, 1.165) is 38.1 Å². The minimum absolute atomic E-state index is 0.0781. The summed E-state index contributed by atoms with van der Waals surface area (Å²) >= 11 is 0. The van der Waals surface area contributed by atoms with Gasteiger partial charge in [0, 0.05) is 19.4 Å². The van der Waals surface area contributed by atoms with Crippen LogP contribution in [0, 0.1) is 0 Å². The van der Waals surface area contributed by atoms with Crippen LogP contribution in [0.1, 0.15) is 24.5 Å². The second kappa shape index (κ2) is 3.24. The third-order valence-corrected chi connectivity index (χ3v) is 3.58. The Morgan fingerprint density at radius 3 is 3.13 bits per heavy atom. The molecule has 2 heterocycles. The van der Waals surface area contributed by atoms with E-state index in [1.807, 2.05) is 0 Å². The van der Waals surface area contributed by atoms with Crippen molar-refractivity contribution in [2.45, 2.75) is 31.8 Å². The molecule has 1 aromatic carbocycles. The Balaban J connectivity index is 1.92. The third-order valence-electron chi connectivity index (χ3n) is 3.58. The maximum absolute atomic E-state index is 6.09. The Labute approximate surface area is 90.6 Å². The van der Waals surface area contributed by atoms with E-state index in [4.69, 9.17) is 4.74 Å². The van der Waals surface area contributed by atoms with Crippen molar-refractivity contribution in [3.63, 3.8) is 0 Å². The molecule has 2 heteroatoms. The van der Waals surface area contributed by atoms with Crippen molar-refractivity contribution in [3.05, 3.63) is 29.3 Å². The highest BCUT2D eigenvalue weighted by Gasteiger charge is 2.41. The molecule has 2 aliphatic heterocycles. The van der Waals surface area contributed by atoms with E-state index in [9.17, 15) is 0 Å². The summed E-state index contributed by atoms with van der Waals surface area (Å²) in [5.41, 5.74) is 2.90. The first-order chi connectivity index (χ1) is 7.31. The first-order valence-corrected chi connectivity index (χ1v) is 5.83. The summed E-state index contributed by atoms with van der Waals surface area (Å²) in [6, 6.07) is 6.63. The topological polar surface area (TPSA) is 21.3 Å². The SMILES string of the molecule is CCc1ccc2c(c1)CC1(CCNC1)O2. The first kappa shape index (κ1) is 9.22. The van der Waals surface area contributed by atoms with Crippen LogP contribution in [0.15, 0.2) is 18.2 Å². The normalized spacial score (nSPS) is 28.1. The summed E-state index contributed by atoms with van der Waals surface area (Å²) in [5.74, 6) is 1.11. The van der Waals surface area contributed by atoms with Crippen LogP contribution in [0.3, 0.4) is 0 Å². The predicted octanol–water partition coefficient (Wildman–Crippen LogP) is 1.92. The fourth-order valence-corrected chi connectivity index (χ4v) is 2.67. The molecule has 1 saturated heterocycles. The summed E-state index contributed by atoms with van der Waals surface area (Å²) in [5, 5.41) is 3.39. The number of rotatable bonds is 1. The third kappa shape index (κ3) is 1.44. The van der Waals surface area contributed by atoms with Crippen molar-refractivity contribution in [1.29, 1.82) is 0 Å². The van der Waals surface area contributed by atoms with Crippen molar-refractivity contribution < 1.29 is 4.74 Å². The predicted molar refractivity (Wildman–Crippen MR) is 60.4 cm³/mol. The van der Waals surface area contributed by atoms with Crippen LogP contribution in [-0.4, -0.2) is 18.7 Å². The van der Waals surface area contributed by atoms with Gasteiger partial charge in [0.05, 0.1) is 0 Å². The van der Waals surface area contributed by atoms with E-state index in [-0.39, 0.29) is 5.60 Å². The zero-order valence-corrected chi connectivity index (χ0v) is 9.18. The number of ether oxygens (including phenoxy) is 1. The first-order valence-electron chi connectivity index (χ1n) is 5.83. The van der Waals surface area contributed by atoms with E-state index >= 15 is 0 Å². The maximum Gasteiger partial charge on any atom is 0.127 e. The second-order valence-corrected chi connectivity index (χ2v) is 4.68. The van der Waals surface area contributed by atoms with Crippen LogP contribution in [0.25, 0.3) is 0 Å². The van der Waals surface area contributed by atoms with Gasteiger partial charge in [0.15, 0.2) is 0 Å². The number of nitrogens with one attached hydrogen (secondary N) is 1. The van der Waals surface area contributed by atoms with Crippen molar-refractivity contribution >= 4 is 0 Å². The summed E-state index contributed by atoms with van der Waals surface area (Å²) < 4.78 is 6.09. The van der Waals surface area contributed by atoms with Gasteiger partial charge in [0.25, 0.3) is 0 Å². The average molecular weight is 203 g/mol. The molecule has 0 amide bonds. The van der Waals surface area contributed by atoms with Crippen LogP contribution in [-0.2, 0) is 12.8 Å². The fraction of sp³-hybridized carbons (Fsp3) is 0.538. The van der Waals surface area contributed by atoms with Crippen LogP contribution in [0.5, 0.6) is 5.75 Å². The molecule has 0 radical (unpaired) electrons. The molecule has 0 bridgehead atoms. The Kier molecular flexibility index (Phi) is 1.99. The van der Waals surface area contributed by atoms with Gasteiger partial charge in [0.2, 0.25) is 0 Å². The summed E-state index contributed by atoms with van der Waals surface area (Å²) in [6.07, 6.45) is 3.34. The number of hydrogen-bond donors (Lipinski definition) is 1. The second-order valence-electron chi connectivity index (χ2n) is 4.68. The molecule has 1 N–H and O–H groups in total. The molecule has 1 fully saturated rings. The van der Waals surface area contributed by atoms with Gasteiger partial charge < -0.3 is 10.1 Å². The number of aryl methyl sites for hydroxylation is 1. The summed E-state index contributed by atoms with van der Waals surface area (Å²) in [7, 11) is 0. The van der Waals surface area contributed by atoms with Crippen molar-refractivity contribution in [2.24, 2.45) is 0 Å². The molecular weight excluding hydrogens is 186 g/mol. The number of fused-ring (bicyclic) bond motifs is 1. The molecule has 1 atom stereocenters. The zero-order valence-electron chi connectivity index (χ0n) is 9.18. The zero-order chi connectivity index (χ0) is 10.3. The Morgan fingerprint density at radius 1 is 1.47 bits per heavy atom. The van der Waals surface area contributed by atoms with Gasteiger partial charge in [-0.2, -0.15) is 0 Å². The van der Waals surface area contributed by atoms with Gasteiger partial charge in [-0.15, -0.1) is 0 Å². The monoisotopic (exact) mass is 203 g/mol. The van der Waals surface area contributed by atoms with Crippen LogP contribution in [0.2, 0.25) is 0 Å². The highest BCUT2D eigenvalue weighted by molar-refractivity contribution is 5.42. The Hall–Kier alpha value is -1.02. The summed E-state index contributed by atoms with van der Waals surface area (Å²) in [6.45, 7) is 4.29. The Bertz CT molecular complexity index is 380. The molecule has 1 unspecified atom stereocenters. The van der Waals surface area contributed by atoms with Gasteiger partial charge in [-0.1, -0.05) is 19.1 Å². The number of benzene rings is 1. The lowest BCUT2D eigenvalue weighted by Crippen LogP contribution is -2.36. The van der Waals surface area contributed by atoms with Gasteiger partial charge in [-0.25, -0.2) is 0 Å². The molecule has 2 aliphatic rings. The number of hydrogen-bond acceptors (Lipinski definition) is 2. The van der Waals surface area contributed by atoms with Crippen LogP contribution >= 0.6 is 0 Å². The highest BCUT2D eigenvalue weighted by atomic mass is 16.5. The van der Waals surface area contributed by atoms with Gasteiger partial charge in [0.1, 0.15) is 11.4 Å². The lowest BCUT2D eigenvalue weighted by molar-refractivity contribution is 0.118. The van der Waals surface area contributed by atoms with E-state index < -0.39 is 0 Å². The van der Waals surface area contributed by atoms with Crippen molar-refractivity contribution in [3.8, 4) is 5.75 Å². The van der Waals surface area contributed by atoms with Gasteiger partial charge >= 0.3 is 0 Å². The lowest BCUT2D eigenvalue weighted by atomic mass is 9.95. The van der Waals surface area contributed by atoms with Crippen LogP contribution in [0.4, 0.5) is 0 Å². The van der Waals surface area contributed by atoms with E-state index in [0.29, 0.717) is 0 Å². The van der Waals surface area contributed by atoms with E-state index in [2.05, 4.69) is 30.4 Å². The van der Waals surface area contributed by atoms with Crippen molar-refractivity contribution in [1.82, 2.24) is 5.32 Å². The molecule has 2 nitrogen and oxygen atoms in total. The maximum atomic E-state index is 6.09. The van der Waals surface area contributed by atoms with E-state index in [1.54, 1.807) is 0 Å². The average Bonchev–Trinajstić information content (AvgIpc) is 2.84. The van der Waals surface area contributed by atoms with E-state index in [1.165, 1.54) is 11.1 Å². The molecule has 80 valence electrons. The summed E-state index contributed by atoms with van der Waals surface area (Å²) in [4.78, 5) is 0. The largest absolute Gasteiger partial charge is 0.485 e. The molecule has 1 aromatic rings. The van der Waals surface area contributed by atoms with Crippen molar-refractivity contribution in [2.75, 3.05) is 13.1 Å². The fourth-order valence-electron chi connectivity index (χ4n) is 2.67. The standard InChI is InChI=1S/C13H17NO/c1-2-10-3-4-12-11(7-10)8-13(15-12)5-6-14-9-13/h3-4,7,14H,2,5-6,8-9H2,1H3. The van der Waals surface area contributed by atoms with Crippen LogP contribution < -0.4 is 10.1 Å². The highest BCUT2D eigenvalue weighted by Crippen LogP contribution is 2.38. The Morgan fingerprint density at radius 2 is 2.40 bits per heavy atom. The van der Waals surface area contributed by atoms with Gasteiger partial charge in [-0.3, -0.25) is 0 Å². The minimum atomic E-state index is 0.0781. The minimum Gasteiger partial charge on any atom is -0.485 e. The molecule has 3 rings (SSSR count). The molecule has 1 spiro atoms. The lowest BCUT2D eigenvalue weighted by Gasteiger charge is -2.21. The molecule has 0 aliphatic carbocycles. The van der Waals surface area contributed by atoms with Gasteiger partial charge in [-0.05, 0) is 30.2 Å². The quantitative estimate of drug-likeness (QED) is 0.753. The molecule has 15 heavy (non-hydrogen) atoms. The molecule has 0 aromatic heterocycles. The molecule has 0 saturated carbocycles. The smallest absolute Gasteiger partial charge is 0.127 e.